The molecule has 0 heterocycles. The fourth-order valence-electron chi connectivity index (χ4n) is 2.86. The highest BCUT2D eigenvalue weighted by Crippen LogP contribution is 2.64. The van der Waals surface area contributed by atoms with Crippen LogP contribution in [-0.2, 0) is 0 Å². The summed E-state index contributed by atoms with van der Waals surface area (Å²) in [5, 5.41) is 9.17. The molecule has 0 rings (SSSR count). The normalized spacial score (nSPS) is 16.4. The molecule has 0 aliphatic rings. The van der Waals surface area contributed by atoms with Crippen molar-refractivity contribution in [3.05, 3.63) is 0 Å². The standard InChI is InChI=1S/C18H21F17O/c1-2-3-4-5-6-7-8-9-10(36)11(19,20)12(21,22)13(23,24)14(25,26)15(27,28)16(29,30)17(31,32)18(33,34)35/h10,36H,2-9H2,1H3. The van der Waals surface area contributed by atoms with Crippen LogP contribution >= 0.6 is 0 Å². The summed E-state index contributed by atoms with van der Waals surface area (Å²) >= 11 is 0. The van der Waals surface area contributed by atoms with E-state index >= 15 is 0 Å². The number of aliphatic hydroxyl groups excluding tert-OH is 1. The molecule has 36 heavy (non-hydrogen) atoms. The van der Waals surface area contributed by atoms with Crippen molar-refractivity contribution < 1.29 is 79.7 Å². The van der Waals surface area contributed by atoms with Crippen molar-refractivity contribution >= 4 is 0 Å². The molecule has 18 heteroatoms. The number of hydrogen-bond acceptors (Lipinski definition) is 1. The van der Waals surface area contributed by atoms with Crippen LogP contribution in [0, 0.1) is 0 Å². The quantitative estimate of drug-likeness (QED) is 0.153. The van der Waals surface area contributed by atoms with Crippen LogP contribution in [0.3, 0.4) is 0 Å². The lowest BCUT2D eigenvalue weighted by Gasteiger charge is -2.43. The third kappa shape index (κ3) is 5.61. The van der Waals surface area contributed by atoms with E-state index < -0.39 is 66.6 Å². The summed E-state index contributed by atoms with van der Waals surface area (Å²) < 4.78 is 224. The average molecular weight is 576 g/mol. The lowest BCUT2D eigenvalue weighted by Crippen LogP contribution is -2.75. The van der Waals surface area contributed by atoms with Gasteiger partial charge in [0, 0.05) is 0 Å². The molecular weight excluding hydrogens is 555 g/mol. The highest BCUT2D eigenvalue weighted by Gasteiger charge is 2.95. The van der Waals surface area contributed by atoms with E-state index in [0.717, 1.165) is 12.8 Å². The van der Waals surface area contributed by atoms with Crippen molar-refractivity contribution in [3.8, 4) is 0 Å². The number of alkyl halides is 17. The van der Waals surface area contributed by atoms with Gasteiger partial charge in [-0.25, -0.2) is 0 Å². The minimum atomic E-state index is -8.66. The van der Waals surface area contributed by atoms with Crippen LogP contribution < -0.4 is 0 Å². The maximum absolute atomic E-state index is 13.8. The zero-order valence-corrected chi connectivity index (χ0v) is 18.1. The second-order valence-corrected chi connectivity index (χ2v) is 7.99. The Bertz CT molecular complexity index is 698. The smallest absolute Gasteiger partial charge is 0.387 e. The van der Waals surface area contributed by atoms with Crippen molar-refractivity contribution in [2.45, 2.75) is 112 Å². The molecule has 1 nitrogen and oxygen atoms in total. The summed E-state index contributed by atoms with van der Waals surface area (Å²) in [6, 6.07) is 0. The van der Waals surface area contributed by atoms with Crippen LogP contribution in [0.2, 0.25) is 0 Å². The molecule has 0 aromatic heterocycles. The predicted octanol–water partition coefficient (Wildman–Crippen LogP) is 8.50. The summed E-state index contributed by atoms with van der Waals surface area (Å²) in [5.74, 6) is -57.0. The average Bonchev–Trinajstić information content (AvgIpc) is 2.71. The molecule has 1 N–H and O–H groups in total. The first-order valence-corrected chi connectivity index (χ1v) is 10.1. The van der Waals surface area contributed by atoms with E-state index in [-0.39, 0.29) is 12.8 Å². The minimum Gasteiger partial charge on any atom is -0.387 e. The molecule has 0 radical (unpaired) electrons. The number of aliphatic hydroxyl groups is 1. The highest BCUT2D eigenvalue weighted by atomic mass is 19.4. The van der Waals surface area contributed by atoms with Gasteiger partial charge in [0.15, 0.2) is 0 Å². The Hall–Kier alpha value is -1.23. The lowest BCUT2D eigenvalue weighted by molar-refractivity contribution is -0.464. The first-order valence-electron chi connectivity index (χ1n) is 10.1. The number of halogens is 17. The molecule has 0 aromatic rings. The Balaban J connectivity index is 6.03. The summed E-state index contributed by atoms with van der Waals surface area (Å²) in [7, 11) is 0. The Morgan fingerprint density at radius 3 is 1.11 bits per heavy atom. The zero-order chi connectivity index (χ0) is 29.2. The Kier molecular flexibility index (Phi) is 10.5. The maximum atomic E-state index is 13.8. The van der Waals surface area contributed by atoms with Gasteiger partial charge >= 0.3 is 47.6 Å². The van der Waals surface area contributed by atoms with Crippen molar-refractivity contribution in [3.63, 3.8) is 0 Å². The van der Waals surface area contributed by atoms with Gasteiger partial charge < -0.3 is 5.11 Å². The van der Waals surface area contributed by atoms with E-state index in [4.69, 9.17) is 5.11 Å². The second kappa shape index (κ2) is 10.9. The van der Waals surface area contributed by atoms with Crippen LogP contribution in [0.5, 0.6) is 0 Å². The van der Waals surface area contributed by atoms with E-state index in [1.807, 2.05) is 6.92 Å². The van der Waals surface area contributed by atoms with Crippen LogP contribution in [0.25, 0.3) is 0 Å². The molecule has 0 fully saturated rings. The van der Waals surface area contributed by atoms with Gasteiger partial charge in [-0.05, 0) is 6.42 Å². The van der Waals surface area contributed by atoms with E-state index in [1.54, 1.807) is 0 Å². The third-order valence-corrected chi connectivity index (χ3v) is 5.25. The molecule has 0 aliphatic heterocycles. The van der Waals surface area contributed by atoms with Crippen LogP contribution in [-0.4, -0.2) is 58.8 Å². The minimum absolute atomic E-state index is 0.0776. The third-order valence-electron chi connectivity index (χ3n) is 5.25. The van der Waals surface area contributed by atoms with Crippen molar-refractivity contribution in [1.29, 1.82) is 0 Å². The lowest BCUT2D eigenvalue weighted by atomic mass is 9.87. The van der Waals surface area contributed by atoms with Gasteiger partial charge in [0.1, 0.15) is 6.10 Å². The summed E-state index contributed by atoms with van der Waals surface area (Å²) in [4.78, 5) is 0. The maximum Gasteiger partial charge on any atom is 0.460 e. The van der Waals surface area contributed by atoms with Gasteiger partial charge in [-0.2, -0.15) is 74.6 Å². The molecule has 0 saturated heterocycles. The molecule has 0 saturated carbocycles. The van der Waals surface area contributed by atoms with Crippen LogP contribution in [0.15, 0.2) is 0 Å². The molecule has 0 spiro atoms. The van der Waals surface area contributed by atoms with Crippen molar-refractivity contribution in [2.24, 2.45) is 0 Å². The summed E-state index contributed by atoms with van der Waals surface area (Å²) in [6.45, 7) is 1.83. The van der Waals surface area contributed by atoms with E-state index in [2.05, 4.69) is 0 Å². The van der Waals surface area contributed by atoms with E-state index in [0.29, 0.717) is 12.8 Å². The van der Waals surface area contributed by atoms with Crippen molar-refractivity contribution in [2.75, 3.05) is 0 Å². The van der Waals surface area contributed by atoms with Crippen LogP contribution in [0.4, 0.5) is 74.6 Å². The van der Waals surface area contributed by atoms with E-state index in [1.165, 1.54) is 0 Å². The van der Waals surface area contributed by atoms with Gasteiger partial charge in [-0.1, -0.05) is 51.9 Å². The molecule has 218 valence electrons. The fourth-order valence-corrected chi connectivity index (χ4v) is 2.86. The van der Waals surface area contributed by atoms with Crippen molar-refractivity contribution in [1.82, 2.24) is 0 Å². The van der Waals surface area contributed by atoms with Gasteiger partial charge in [-0.15, -0.1) is 0 Å². The molecule has 0 amide bonds. The van der Waals surface area contributed by atoms with Crippen LogP contribution in [0.1, 0.15) is 58.3 Å². The zero-order valence-electron chi connectivity index (χ0n) is 18.1. The largest absolute Gasteiger partial charge is 0.460 e. The first-order chi connectivity index (χ1) is 15.7. The number of hydrogen-bond donors (Lipinski definition) is 1. The second-order valence-electron chi connectivity index (χ2n) is 7.99. The van der Waals surface area contributed by atoms with Gasteiger partial charge in [-0.3, -0.25) is 0 Å². The molecule has 0 aliphatic carbocycles. The topological polar surface area (TPSA) is 20.2 Å². The van der Waals surface area contributed by atoms with E-state index in [9.17, 15) is 74.6 Å². The Morgan fingerprint density at radius 2 is 0.750 bits per heavy atom. The SMILES string of the molecule is CCCCCCCCCC(O)C(F)(F)C(F)(F)C(F)(F)C(F)(F)C(F)(F)C(F)(F)C(F)(F)C(F)(F)F. The summed E-state index contributed by atoms with van der Waals surface area (Å²) in [5.41, 5.74) is 0. The predicted molar refractivity (Wildman–Crippen MR) is 89.3 cm³/mol. The summed E-state index contributed by atoms with van der Waals surface area (Å²) in [6.07, 6.45) is -11.0. The first kappa shape index (κ1) is 34.8. The number of rotatable bonds is 15. The molecular formula is C18H21F17O. The Morgan fingerprint density at radius 1 is 0.444 bits per heavy atom. The monoisotopic (exact) mass is 576 g/mol. The Labute approximate surface area is 193 Å². The van der Waals surface area contributed by atoms with Gasteiger partial charge in [0.25, 0.3) is 0 Å². The van der Waals surface area contributed by atoms with Gasteiger partial charge in [0.2, 0.25) is 0 Å². The molecule has 0 bridgehead atoms. The number of unbranched alkanes of at least 4 members (excludes halogenated alkanes) is 6. The highest BCUT2D eigenvalue weighted by molar-refractivity contribution is 5.15. The van der Waals surface area contributed by atoms with Gasteiger partial charge in [0.05, 0.1) is 0 Å². The fraction of sp³-hybridized carbons (Fsp3) is 1.00. The molecule has 1 atom stereocenters. The molecule has 0 aromatic carbocycles. The molecule has 1 unspecified atom stereocenters.